The number of hydrogen-bond donors (Lipinski definition) is 1. The molecule has 1 aromatic rings. The molecule has 14 heavy (non-hydrogen) atoms. The molecule has 0 spiro atoms. The Morgan fingerprint density at radius 3 is 2.93 bits per heavy atom. The summed E-state index contributed by atoms with van der Waals surface area (Å²) in [7, 11) is 0. The number of benzene rings is 1. The van der Waals surface area contributed by atoms with Crippen LogP contribution in [0, 0.1) is 17.2 Å². The molecule has 0 aliphatic heterocycles. The van der Waals surface area contributed by atoms with E-state index >= 15 is 0 Å². The molecule has 0 radical (unpaired) electrons. The largest absolute Gasteiger partial charge is 0.384 e. The maximum absolute atomic E-state index is 8.62. The van der Waals surface area contributed by atoms with E-state index in [4.69, 9.17) is 5.26 Å². The molecular formula is C12H16N2. The first-order chi connectivity index (χ1) is 6.76. The summed E-state index contributed by atoms with van der Waals surface area (Å²) in [5.41, 5.74) is 2.42. The van der Waals surface area contributed by atoms with Crippen molar-refractivity contribution >= 4 is 5.69 Å². The number of anilines is 1. The van der Waals surface area contributed by atoms with E-state index in [0.717, 1.165) is 12.1 Å². The Kier molecular flexibility index (Phi) is 4.00. The highest BCUT2D eigenvalue weighted by Gasteiger charge is 1.99. The second-order valence-corrected chi connectivity index (χ2v) is 3.46. The highest BCUT2D eigenvalue weighted by atomic mass is 14.9. The van der Waals surface area contributed by atoms with E-state index in [9.17, 15) is 0 Å². The van der Waals surface area contributed by atoms with E-state index in [-0.39, 0.29) is 5.92 Å². The second kappa shape index (κ2) is 5.29. The van der Waals surface area contributed by atoms with E-state index in [0.29, 0.717) is 6.54 Å². The quantitative estimate of drug-likeness (QED) is 0.788. The van der Waals surface area contributed by atoms with E-state index in [1.165, 1.54) is 5.56 Å². The fourth-order valence-electron chi connectivity index (χ4n) is 1.22. The van der Waals surface area contributed by atoms with Gasteiger partial charge in [0, 0.05) is 12.2 Å². The van der Waals surface area contributed by atoms with Crippen molar-refractivity contribution in [3.8, 4) is 6.07 Å². The van der Waals surface area contributed by atoms with Crippen LogP contribution in [0.3, 0.4) is 0 Å². The Labute approximate surface area is 85.6 Å². The summed E-state index contributed by atoms with van der Waals surface area (Å²) in [6, 6.07) is 10.5. The Bertz CT molecular complexity index is 325. The molecule has 0 aromatic heterocycles. The molecule has 0 heterocycles. The van der Waals surface area contributed by atoms with Gasteiger partial charge in [-0.3, -0.25) is 0 Å². The Morgan fingerprint density at radius 2 is 2.29 bits per heavy atom. The van der Waals surface area contributed by atoms with E-state index in [2.05, 4.69) is 30.4 Å². The van der Waals surface area contributed by atoms with E-state index < -0.39 is 0 Å². The lowest BCUT2D eigenvalue weighted by Crippen LogP contribution is -2.09. The molecule has 1 atom stereocenters. The average Bonchev–Trinajstić information content (AvgIpc) is 2.26. The zero-order valence-corrected chi connectivity index (χ0v) is 8.75. The standard InChI is InChI=1S/C12H16N2/c1-3-11-5-4-6-12(7-11)14-9-10(2)8-13/h4-7,10,14H,3,9H2,1-2H3. The van der Waals surface area contributed by atoms with Crippen LogP contribution in [-0.4, -0.2) is 6.54 Å². The van der Waals surface area contributed by atoms with Crippen molar-refractivity contribution in [2.75, 3.05) is 11.9 Å². The molecule has 1 rings (SSSR count). The molecule has 0 saturated heterocycles. The molecule has 1 aromatic carbocycles. The van der Waals surface area contributed by atoms with Crippen LogP contribution in [0.2, 0.25) is 0 Å². The number of nitrogens with zero attached hydrogens (tertiary/aromatic N) is 1. The van der Waals surface area contributed by atoms with Crippen molar-refractivity contribution in [3.05, 3.63) is 29.8 Å². The lowest BCUT2D eigenvalue weighted by atomic mass is 10.1. The molecule has 0 amide bonds. The molecule has 0 aliphatic carbocycles. The summed E-state index contributed by atoms with van der Waals surface area (Å²) in [5, 5.41) is 11.9. The van der Waals surface area contributed by atoms with Crippen molar-refractivity contribution in [1.29, 1.82) is 5.26 Å². The minimum Gasteiger partial charge on any atom is -0.384 e. The van der Waals surface area contributed by atoms with Crippen LogP contribution in [0.25, 0.3) is 0 Å². The van der Waals surface area contributed by atoms with Gasteiger partial charge in [0.2, 0.25) is 0 Å². The van der Waals surface area contributed by atoms with Crippen LogP contribution in [0.15, 0.2) is 24.3 Å². The van der Waals surface area contributed by atoms with Gasteiger partial charge in [-0.25, -0.2) is 0 Å². The Balaban J connectivity index is 2.55. The third kappa shape index (κ3) is 3.10. The first-order valence-corrected chi connectivity index (χ1v) is 4.98. The summed E-state index contributed by atoms with van der Waals surface area (Å²) >= 11 is 0. The van der Waals surface area contributed by atoms with Crippen molar-refractivity contribution < 1.29 is 0 Å². The predicted octanol–water partition coefficient (Wildman–Crippen LogP) is 2.82. The monoisotopic (exact) mass is 188 g/mol. The number of rotatable bonds is 4. The van der Waals surface area contributed by atoms with Crippen molar-refractivity contribution in [3.63, 3.8) is 0 Å². The number of hydrogen-bond acceptors (Lipinski definition) is 2. The first kappa shape index (κ1) is 10.6. The normalized spacial score (nSPS) is 11.8. The van der Waals surface area contributed by atoms with Crippen molar-refractivity contribution in [2.24, 2.45) is 5.92 Å². The van der Waals surface area contributed by atoms with Gasteiger partial charge < -0.3 is 5.32 Å². The van der Waals surface area contributed by atoms with Gasteiger partial charge in [-0.05, 0) is 31.0 Å². The molecule has 2 nitrogen and oxygen atoms in total. The van der Waals surface area contributed by atoms with E-state index in [1.54, 1.807) is 0 Å². The van der Waals surface area contributed by atoms with Gasteiger partial charge in [-0.2, -0.15) is 5.26 Å². The highest BCUT2D eigenvalue weighted by Crippen LogP contribution is 2.11. The topological polar surface area (TPSA) is 35.8 Å². The van der Waals surface area contributed by atoms with Gasteiger partial charge in [-0.15, -0.1) is 0 Å². The van der Waals surface area contributed by atoms with Crippen molar-refractivity contribution in [1.82, 2.24) is 0 Å². The third-order valence-electron chi connectivity index (χ3n) is 2.17. The molecular weight excluding hydrogens is 172 g/mol. The molecule has 0 aliphatic rings. The minimum atomic E-state index is 0.0558. The van der Waals surface area contributed by atoms with Crippen LogP contribution < -0.4 is 5.32 Å². The lowest BCUT2D eigenvalue weighted by molar-refractivity contribution is 0.786. The van der Waals surface area contributed by atoms with Crippen molar-refractivity contribution in [2.45, 2.75) is 20.3 Å². The molecule has 1 unspecified atom stereocenters. The van der Waals surface area contributed by atoms with E-state index in [1.807, 2.05) is 19.1 Å². The van der Waals surface area contributed by atoms with Crippen LogP contribution in [-0.2, 0) is 6.42 Å². The number of nitrogens with one attached hydrogen (secondary N) is 1. The van der Waals surface area contributed by atoms with Gasteiger partial charge in [-0.1, -0.05) is 19.1 Å². The summed E-state index contributed by atoms with van der Waals surface area (Å²) in [5.74, 6) is 0.0558. The zero-order chi connectivity index (χ0) is 10.4. The summed E-state index contributed by atoms with van der Waals surface area (Å²) in [4.78, 5) is 0. The molecule has 0 fully saturated rings. The smallest absolute Gasteiger partial charge is 0.0671 e. The molecule has 2 heteroatoms. The summed E-state index contributed by atoms with van der Waals surface area (Å²) in [6.07, 6.45) is 1.04. The second-order valence-electron chi connectivity index (χ2n) is 3.46. The van der Waals surface area contributed by atoms with Gasteiger partial charge in [0.25, 0.3) is 0 Å². The number of nitriles is 1. The predicted molar refractivity (Wildman–Crippen MR) is 59.1 cm³/mol. The molecule has 1 N–H and O–H groups in total. The Hall–Kier alpha value is -1.49. The van der Waals surface area contributed by atoms with Gasteiger partial charge in [0.15, 0.2) is 0 Å². The van der Waals surface area contributed by atoms with Crippen LogP contribution in [0.4, 0.5) is 5.69 Å². The Morgan fingerprint density at radius 1 is 1.50 bits per heavy atom. The first-order valence-electron chi connectivity index (χ1n) is 4.98. The summed E-state index contributed by atoms with van der Waals surface area (Å²) in [6.45, 7) is 4.76. The molecule has 0 saturated carbocycles. The SMILES string of the molecule is CCc1cccc(NCC(C)C#N)c1. The number of aryl methyl sites for hydroxylation is 1. The maximum atomic E-state index is 8.62. The van der Waals surface area contributed by atoms with Gasteiger partial charge in [0.05, 0.1) is 12.0 Å². The average molecular weight is 188 g/mol. The van der Waals surface area contributed by atoms with Crippen LogP contribution >= 0.6 is 0 Å². The highest BCUT2D eigenvalue weighted by molar-refractivity contribution is 5.45. The lowest BCUT2D eigenvalue weighted by Gasteiger charge is -2.08. The zero-order valence-electron chi connectivity index (χ0n) is 8.75. The molecule has 74 valence electrons. The van der Waals surface area contributed by atoms with Gasteiger partial charge in [0.1, 0.15) is 0 Å². The van der Waals surface area contributed by atoms with Crippen LogP contribution in [0.1, 0.15) is 19.4 Å². The maximum Gasteiger partial charge on any atom is 0.0671 e. The molecule has 0 bridgehead atoms. The van der Waals surface area contributed by atoms with Crippen LogP contribution in [0.5, 0.6) is 0 Å². The fourth-order valence-corrected chi connectivity index (χ4v) is 1.22. The van der Waals surface area contributed by atoms with Gasteiger partial charge >= 0.3 is 0 Å². The summed E-state index contributed by atoms with van der Waals surface area (Å²) < 4.78 is 0. The minimum absolute atomic E-state index is 0.0558. The fraction of sp³-hybridized carbons (Fsp3) is 0.417. The third-order valence-corrected chi connectivity index (χ3v) is 2.17.